The molecule has 2 aromatic rings. The number of carboxylic acids is 1. The van der Waals surface area contributed by atoms with Gasteiger partial charge in [0.2, 0.25) is 0 Å². The summed E-state index contributed by atoms with van der Waals surface area (Å²) in [5.41, 5.74) is 4.63. The van der Waals surface area contributed by atoms with E-state index in [1.165, 1.54) is 11.1 Å². The fourth-order valence-corrected chi connectivity index (χ4v) is 2.53. The fourth-order valence-electron chi connectivity index (χ4n) is 2.53. The zero-order valence-corrected chi connectivity index (χ0v) is 13.3. The third-order valence-electron chi connectivity index (χ3n) is 3.92. The van der Waals surface area contributed by atoms with Gasteiger partial charge in [-0.2, -0.15) is 0 Å². The second-order valence-electron chi connectivity index (χ2n) is 5.52. The topological polar surface area (TPSA) is 46.5 Å². The Hall–Kier alpha value is -2.29. The van der Waals surface area contributed by atoms with Gasteiger partial charge in [0.1, 0.15) is 5.75 Å². The lowest BCUT2D eigenvalue weighted by Gasteiger charge is -2.12. The Labute approximate surface area is 131 Å². The summed E-state index contributed by atoms with van der Waals surface area (Å²) in [4.78, 5) is 10.9. The van der Waals surface area contributed by atoms with E-state index in [1.807, 2.05) is 18.2 Å². The van der Waals surface area contributed by atoms with E-state index >= 15 is 0 Å². The number of ether oxygens (including phenoxy) is 1. The Morgan fingerprint density at radius 2 is 1.86 bits per heavy atom. The molecule has 0 aliphatic carbocycles. The summed E-state index contributed by atoms with van der Waals surface area (Å²) in [7, 11) is 1.67. The van der Waals surface area contributed by atoms with Crippen LogP contribution in [0, 0.1) is 5.92 Å². The van der Waals surface area contributed by atoms with E-state index in [0.29, 0.717) is 6.42 Å². The molecule has 0 saturated heterocycles. The minimum Gasteiger partial charge on any atom is -0.497 e. The molecule has 3 nitrogen and oxygen atoms in total. The molecule has 0 saturated carbocycles. The average Bonchev–Trinajstić information content (AvgIpc) is 2.54. The van der Waals surface area contributed by atoms with Crippen molar-refractivity contribution in [1.29, 1.82) is 0 Å². The lowest BCUT2D eigenvalue weighted by atomic mass is 9.95. The van der Waals surface area contributed by atoms with Crippen molar-refractivity contribution in [3.63, 3.8) is 0 Å². The predicted octanol–water partition coefficient (Wildman–Crippen LogP) is 4.19. The lowest BCUT2D eigenvalue weighted by molar-refractivity contribution is -0.141. The highest BCUT2D eigenvalue weighted by Crippen LogP contribution is 2.28. The molecule has 0 unspecified atom stereocenters. The number of hydrogen-bond donors (Lipinski definition) is 1. The Balaban J connectivity index is 2.25. The molecule has 3 heteroatoms. The van der Waals surface area contributed by atoms with Crippen LogP contribution in [0.4, 0.5) is 0 Å². The predicted molar refractivity (Wildman–Crippen MR) is 88.3 cm³/mol. The molecule has 116 valence electrons. The Bertz CT molecular complexity index is 644. The van der Waals surface area contributed by atoms with Gasteiger partial charge in [0.15, 0.2) is 0 Å². The molecule has 0 aromatic heterocycles. The van der Waals surface area contributed by atoms with Gasteiger partial charge in [0.05, 0.1) is 13.0 Å². The van der Waals surface area contributed by atoms with Crippen LogP contribution < -0.4 is 4.74 Å². The molecular formula is C19H22O3. The summed E-state index contributed by atoms with van der Waals surface area (Å²) < 4.78 is 5.28. The molecule has 0 amide bonds. The van der Waals surface area contributed by atoms with Gasteiger partial charge >= 0.3 is 5.97 Å². The molecule has 2 rings (SSSR count). The first-order valence-electron chi connectivity index (χ1n) is 7.54. The van der Waals surface area contributed by atoms with E-state index < -0.39 is 5.97 Å². The molecule has 1 atom stereocenters. The van der Waals surface area contributed by atoms with Crippen LogP contribution in [0.25, 0.3) is 11.1 Å². The van der Waals surface area contributed by atoms with E-state index in [4.69, 9.17) is 9.84 Å². The van der Waals surface area contributed by atoms with Gasteiger partial charge < -0.3 is 9.84 Å². The number of aliphatic carboxylic acids is 1. The van der Waals surface area contributed by atoms with E-state index in [0.717, 1.165) is 23.3 Å². The number of carboxylic acid groups (broad SMARTS) is 1. The van der Waals surface area contributed by atoms with Crippen molar-refractivity contribution < 1.29 is 14.6 Å². The van der Waals surface area contributed by atoms with Gasteiger partial charge in [-0.1, -0.05) is 44.2 Å². The van der Waals surface area contributed by atoms with Crippen molar-refractivity contribution in [3.05, 3.63) is 53.6 Å². The number of aryl methyl sites for hydroxylation is 1. The molecule has 0 radical (unpaired) electrons. The summed E-state index contributed by atoms with van der Waals surface area (Å²) in [6.45, 7) is 3.86. The smallest absolute Gasteiger partial charge is 0.306 e. The first kappa shape index (κ1) is 16.1. The third-order valence-corrected chi connectivity index (χ3v) is 3.92. The first-order chi connectivity index (χ1) is 10.5. The molecule has 1 N–H and O–H groups in total. The first-order valence-corrected chi connectivity index (χ1v) is 7.54. The van der Waals surface area contributed by atoms with E-state index in [9.17, 15) is 4.79 Å². The zero-order chi connectivity index (χ0) is 16.1. The van der Waals surface area contributed by atoms with Crippen molar-refractivity contribution in [2.24, 2.45) is 5.92 Å². The van der Waals surface area contributed by atoms with Crippen molar-refractivity contribution >= 4 is 5.97 Å². The molecular weight excluding hydrogens is 276 g/mol. The molecule has 0 bridgehead atoms. The molecule has 0 aliphatic rings. The quantitative estimate of drug-likeness (QED) is 0.870. The van der Waals surface area contributed by atoms with Crippen LogP contribution in [0.2, 0.25) is 0 Å². The van der Waals surface area contributed by atoms with E-state index in [1.54, 1.807) is 14.0 Å². The number of methoxy groups -OCH3 is 1. The number of rotatable bonds is 6. The Kier molecular flexibility index (Phi) is 5.21. The van der Waals surface area contributed by atoms with Crippen molar-refractivity contribution in [2.45, 2.75) is 26.7 Å². The summed E-state index contributed by atoms with van der Waals surface area (Å²) in [5, 5.41) is 8.98. The molecule has 0 fully saturated rings. The number of carbonyl (C=O) groups is 1. The van der Waals surface area contributed by atoms with Crippen LogP contribution in [0.15, 0.2) is 42.5 Å². The van der Waals surface area contributed by atoms with Gasteiger partial charge in [-0.15, -0.1) is 0 Å². The second-order valence-corrected chi connectivity index (χ2v) is 5.52. The fraction of sp³-hybridized carbons (Fsp3) is 0.316. The maximum absolute atomic E-state index is 10.9. The highest BCUT2D eigenvalue weighted by Gasteiger charge is 2.12. The minimum absolute atomic E-state index is 0.363. The Morgan fingerprint density at radius 3 is 2.41 bits per heavy atom. The second kappa shape index (κ2) is 7.12. The van der Waals surface area contributed by atoms with Gasteiger partial charge in [0.25, 0.3) is 0 Å². The van der Waals surface area contributed by atoms with Crippen LogP contribution in [-0.4, -0.2) is 18.2 Å². The lowest BCUT2D eigenvalue weighted by Crippen LogP contribution is -2.12. The highest BCUT2D eigenvalue weighted by molar-refractivity contribution is 5.71. The largest absolute Gasteiger partial charge is 0.497 e. The molecule has 0 aliphatic heterocycles. The maximum Gasteiger partial charge on any atom is 0.306 e. The molecule has 0 spiro atoms. The number of benzene rings is 2. The highest BCUT2D eigenvalue weighted by atomic mass is 16.5. The normalized spacial score (nSPS) is 12.0. The van der Waals surface area contributed by atoms with E-state index in [-0.39, 0.29) is 5.92 Å². The molecule has 2 aromatic carbocycles. The molecule has 0 heterocycles. The summed E-state index contributed by atoms with van der Waals surface area (Å²) in [6, 6.07) is 14.3. The van der Waals surface area contributed by atoms with Crippen LogP contribution in [0.1, 0.15) is 25.0 Å². The van der Waals surface area contributed by atoms with Crippen LogP contribution >= 0.6 is 0 Å². The SMILES string of the molecule is CCc1cc(OC)ccc1-c1ccc(C[C@H](C)C(=O)O)cc1. The van der Waals surface area contributed by atoms with Crippen molar-refractivity contribution in [3.8, 4) is 16.9 Å². The minimum atomic E-state index is -0.757. The van der Waals surface area contributed by atoms with Crippen LogP contribution in [0.3, 0.4) is 0 Å². The van der Waals surface area contributed by atoms with E-state index in [2.05, 4.69) is 31.2 Å². The van der Waals surface area contributed by atoms with Crippen molar-refractivity contribution in [2.75, 3.05) is 7.11 Å². The van der Waals surface area contributed by atoms with Crippen molar-refractivity contribution in [1.82, 2.24) is 0 Å². The Morgan fingerprint density at radius 1 is 1.18 bits per heavy atom. The van der Waals surface area contributed by atoms with Crippen LogP contribution in [-0.2, 0) is 17.6 Å². The van der Waals surface area contributed by atoms with Gasteiger partial charge in [-0.25, -0.2) is 0 Å². The van der Waals surface area contributed by atoms with Gasteiger partial charge in [-0.05, 0) is 47.2 Å². The zero-order valence-electron chi connectivity index (χ0n) is 13.3. The summed E-state index contributed by atoms with van der Waals surface area (Å²) in [6.07, 6.45) is 1.49. The summed E-state index contributed by atoms with van der Waals surface area (Å²) >= 11 is 0. The monoisotopic (exact) mass is 298 g/mol. The van der Waals surface area contributed by atoms with Gasteiger partial charge in [0, 0.05) is 0 Å². The average molecular weight is 298 g/mol. The third kappa shape index (κ3) is 3.67. The number of hydrogen-bond acceptors (Lipinski definition) is 2. The summed E-state index contributed by atoms with van der Waals surface area (Å²) in [5.74, 6) is -0.252. The molecule has 22 heavy (non-hydrogen) atoms. The van der Waals surface area contributed by atoms with Crippen LogP contribution in [0.5, 0.6) is 5.75 Å². The maximum atomic E-state index is 10.9. The van der Waals surface area contributed by atoms with Gasteiger partial charge in [-0.3, -0.25) is 4.79 Å². The standard InChI is InChI=1S/C19H22O3/c1-4-15-12-17(22-3)9-10-18(15)16-7-5-14(6-8-16)11-13(2)19(20)21/h5-10,12-13H,4,11H2,1-3H3,(H,20,21)/t13-/m0/s1.